The molecule has 0 saturated carbocycles. The highest BCUT2D eigenvalue weighted by molar-refractivity contribution is 5.52. The summed E-state index contributed by atoms with van der Waals surface area (Å²) in [6, 6.07) is 7.94. The summed E-state index contributed by atoms with van der Waals surface area (Å²) >= 11 is 0. The van der Waals surface area contributed by atoms with Crippen LogP contribution in [0.5, 0.6) is 5.75 Å². The Bertz CT molecular complexity index is 1070. The number of halogens is 1. The third-order valence-electron chi connectivity index (χ3n) is 5.36. The number of aryl methyl sites for hydroxylation is 1. The van der Waals surface area contributed by atoms with Crippen molar-refractivity contribution in [3.8, 4) is 17.1 Å². The lowest BCUT2D eigenvalue weighted by Crippen LogP contribution is -2.45. The Labute approximate surface area is 167 Å². The van der Waals surface area contributed by atoms with E-state index in [1.807, 2.05) is 0 Å². The lowest BCUT2D eigenvalue weighted by Gasteiger charge is -2.32. The molecule has 1 aliphatic rings. The van der Waals surface area contributed by atoms with Gasteiger partial charge in [-0.1, -0.05) is 6.07 Å². The predicted molar refractivity (Wildman–Crippen MR) is 106 cm³/mol. The van der Waals surface area contributed by atoms with Gasteiger partial charge in [0.1, 0.15) is 23.7 Å². The number of benzene rings is 1. The molecule has 0 fully saturated rings. The molecule has 29 heavy (non-hydrogen) atoms. The highest BCUT2D eigenvalue weighted by Gasteiger charge is 2.29. The second-order valence-corrected chi connectivity index (χ2v) is 7.11. The van der Waals surface area contributed by atoms with Crippen LogP contribution in [0.3, 0.4) is 0 Å². The largest absolute Gasteiger partial charge is 0.496 e. The van der Waals surface area contributed by atoms with Gasteiger partial charge in [0, 0.05) is 30.3 Å². The van der Waals surface area contributed by atoms with E-state index in [4.69, 9.17) is 9.72 Å². The van der Waals surface area contributed by atoms with Crippen molar-refractivity contribution in [2.75, 3.05) is 7.11 Å². The minimum atomic E-state index is -0.327. The van der Waals surface area contributed by atoms with Gasteiger partial charge in [0.05, 0.1) is 25.2 Å². The van der Waals surface area contributed by atoms with Crippen molar-refractivity contribution in [3.63, 3.8) is 0 Å². The number of nitrogens with zero attached hydrogens (tertiary/aromatic N) is 4. The summed E-state index contributed by atoms with van der Waals surface area (Å²) in [7, 11) is 1.54. The summed E-state index contributed by atoms with van der Waals surface area (Å²) in [6.07, 6.45) is 4.48. The van der Waals surface area contributed by atoms with Crippen LogP contribution in [0, 0.1) is 5.82 Å². The first-order valence-electron chi connectivity index (χ1n) is 9.51. The second kappa shape index (κ2) is 8.08. The average Bonchev–Trinajstić information content (AvgIpc) is 2.74. The van der Waals surface area contributed by atoms with Crippen molar-refractivity contribution < 1.29 is 9.13 Å². The topological polar surface area (TPSA) is 81.9 Å². The number of nitrogens with one attached hydrogen (secondary N) is 1. The SMILES string of the molecule is COc1cc(F)ccc1CCC1c2nc(-c3ccncn3)cc(=O)n2CNC1C. The van der Waals surface area contributed by atoms with Crippen molar-refractivity contribution in [2.45, 2.75) is 38.4 Å². The monoisotopic (exact) mass is 395 g/mol. The van der Waals surface area contributed by atoms with E-state index in [-0.39, 0.29) is 23.3 Å². The van der Waals surface area contributed by atoms with Gasteiger partial charge in [0.15, 0.2) is 0 Å². The maximum absolute atomic E-state index is 13.5. The zero-order valence-electron chi connectivity index (χ0n) is 16.3. The highest BCUT2D eigenvalue weighted by Crippen LogP contribution is 2.30. The Kier molecular flexibility index (Phi) is 5.35. The van der Waals surface area contributed by atoms with Gasteiger partial charge >= 0.3 is 0 Å². The lowest BCUT2D eigenvalue weighted by molar-refractivity contribution is 0.319. The van der Waals surface area contributed by atoms with E-state index in [1.165, 1.54) is 31.6 Å². The number of fused-ring (bicyclic) bond motifs is 1. The molecular weight excluding hydrogens is 373 g/mol. The molecule has 0 aliphatic carbocycles. The molecule has 0 spiro atoms. The van der Waals surface area contributed by atoms with Gasteiger partial charge in [-0.05, 0) is 37.5 Å². The maximum atomic E-state index is 13.5. The van der Waals surface area contributed by atoms with Gasteiger partial charge in [0.25, 0.3) is 5.56 Å². The molecule has 0 radical (unpaired) electrons. The van der Waals surface area contributed by atoms with Crippen LogP contribution in [0.1, 0.15) is 30.7 Å². The van der Waals surface area contributed by atoms with Gasteiger partial charge in [-0.2, -0.15) is 0 Å². The summed E-state index contributed by atoms with van der Waals surface area (Å²) in [4.78, 5) is 25.6. The minimum Gasteiger partial charge on any atom is -0.496 e. The quantitative estimate of drug-likeness (QED) is 0.715. The highest BCUT2D eigenvalue weighted by atomic mass is 19.1. The fourth-order valence-corrected chi connectivity index (χ4v) is 3.76. The molecule has 150 valence electrons. The second-order valence-electron chi connectivity index (χ2n) is 7.11. The van der Waals surface area contributed by atoms with Crippen LogP contribution in [-0.4, -0.2) is 32.7 Å². The number of ether oxygens (including phenoxy) is 1. The van der Waals surface area contributed by atoms with Crippen LogP contribution < -0.4 is 15.6 Å². The van der Waals surface area contributed by atoms with E-state index in [1.54, 1.807) is 22.9 Å². The van der Waals surface area contributed by atoms with E-state index < -0.39 is 0 Å². The molecule has 0 saturated heterocycles. The molecule has 7 nitrogen and oxygen atoms in total. The first kappa shape index (κ1) is 19.2. The molecule has 0 amide bonds. The minimum absolute atomic E-state index is 0.00740. The number of rotatable bonds is 5. The predicted octanol–water partition coefficient (Wildman–Crippen LogP) is 2.51. The number of hydrogen-bond donors (Lipinski definition) is 1. The number of hydrogen-bond acceptors (Lipinski definition) is 6. The van der Waals surface area contributed by atoms with Crippen molar-refractivity contribution in [2.24, 2.45) is 0 Å². The van der Waals surface area contributed by atoms with E-state index >= 15 is 0 Å². The lowest BCUT2D eigenvalue weighted by atomic mass is 9.90. The van der Waals surface area contributed by atoms with E-state index in [0.29, 0.717) is 30.2 Å². The summed E-state index contributed by atoms with van der Waals surface area (Å²) in [5.74, 6) is 0.944. The van der Waals surface area contributed by atoms with Crippen molar-refractivity contribution >= 4 is 0 Å². The number of aromatic nitrogens is 4. The van der Waals surface area contributed by atoms with E-state index in [0.717, 1.165) is 17.8 Å². The summed E-state index contributed by atoms with van der Waals surface area (Å²) in [5.41, 5.74) is 1.97. The molecule has 1 aliphatic heterocycles. The zero-order valence-corrected chi connectivity index (χ0v) is 16.3. The summed E-state index contributed by atoms with van der Waals surface area (Å²) < 4.78 is 20.5. The maximum Gasteiger partial charge on any atom is 0.255 e. The van der Waals surface area contributed by atoms with Crippen molar-refractivity contribution in [3.05, 3.63) is 70.4 Å². The smallest absolute Gasteiger partial charge is 0.255 e. The Hall–Kier alpha value is -3.13. The van der Waals surface area contributed by atoms with E-state index in [9.17, 15) is 9.18 Å². The summed E-state index contributed by atoms with van der Waals surface area (Å²) in [6.45, 7) is 2.50. The van der Waals surface area contributed by atoms with Crippen LogP contribution in [0.15, 0.2) is 47.7 Å². The van der Waals surface area contributed by atoms with Crippen molar-refractivity contribution in [1.29, 1.82) is 0 Å². The summed E-state index contributed by atoms with van der Waals surface area (Å²) in [5, 5.41) is 3.37. The number of methoxy groups -OCH3 is 1. The molecule has 3 heterocycles. The molecule has 2 unspecified atom stereocenters. The Morgan fingerprint density at radius 2 is 2.14 bits per heavy atom. The molecule has 8 heteroatoms. The standard InChI is InChI=1S/C21H22FN5O2/c1-13-16(6-4-14-3-5-15(22)9-19(14)29-2)21-26-18(17-7-8-23-11-24-17)10-20(28)27(21)12-25-13/h3,5,7-11,13,16,25H,4,6,12H2,1-2H3. The Morgan fingerprint density at radius 3 is 2.90 bits per heavy atom. The van der Waals surface area contributed by atoms with Crippen LogP contribution >= 0.6 is 0 Å². The third kappa shape index (κ3) is 3.88. The van der Waals surface area contributed by atoms with Crippen LogP contribution in [0.4, 0.5) is 4.39 Å². The van der Waals surface area contributed by atoms with Gasteiger partial charge in [-0.25, -0.2) is 19.3 Å². The first-order valence-corrected chi connectivity index (χ1v) is 9.51. The van der Waals surface area contributed by atoms with Crippen LogP contribution in [-0.2, 0) is 13.1 Å². The molecular formula is C21H22FN5O2. The zero-order chi connectivity index (χ0) is 20.4. The molecule has 3 aromatic rings. The molecule has 0 bridgehead atoms. The Balaban J connectivity index is 1.67. The van der Waals surface area contributed by atoms with Gasteiger partial charge < -0.3 is 4.74 Å². The fraction of sp³-hybridized carbons (Fsp3) is 0.333. The third-order valence-corrected chi connectivity index (χ3v) is 5.36. The molecule has 2 aromatic heterocycles. The molecule has 4 rings (SSSR count). The van der Waals surface area contributed by atoms with E-state index in [2.05, 4.69) is 22.2 Å². The van der Waals surface area contributed by atoms with Gasteiger partial charge in [0.2, 0.25) is 0 Å². The molecule has 1 aromatic carbocycles. The van der Waals surface area contributed by atoms with Crippen LogP contribution in [0.2, 0.25) is 0 Å². The van der Waals surface area contributed by atoms with Gasteiger partial charge in [-0.3, -0.25) is 14.7 Å². The molecule has 1 N–H and O–H groups in total. The Morgan fingerprint density at radius 1 is 1.28 bits per heavy atom. The van der Waals surface area contributed by atoms with Crippen LogP contribution in [0.25, 0.3) is 11.4 Å². The van der Waals surface area contributed by atoms with Gasteiger partial charge in [-0.15, -0.1) is 0 Å². The fourth-order valence-electron chi connectivity index (χ4n) is 3.76. The normalized spacial score (nSPS) is 18.3. The molecule has 2 atom stereocenters. The first-order chi connectivity index (χ1) is 14.1. The average molecular weight is 395 g/mol. The van der Waals surface area contributed by atoms with Crippen molar-refractivity contribution in [1.82, 2.24) is 24.8 Å².